The molecule has 1 saturated heterocycles. The molecule has 134 valence electrons. The van der Waals surface area contributed by atoms with Crippen LogP contribution in [0.15, 0.2) is 24.9 Å². The van der Waals surface area contributed by atoms with E-state index in [4.69, 9.17) is 4.74 Å². The maximum atomic E-state index is 12.4. The van der Waals surface area contributed by atoms with Gasteiger partial charge in [-0.2, -0.15) is 10.1 Å². The molecule has 1 aliphatic rings. The number of hydrogen-bond acceptors (Lipinski definition) is 7. The third kappa shape index (κ3) is 4.65. The number of aryl methyl sites for hydroxylation is 1. The van der Waals surface area contributed by atoms with Gasteiger partial charge in [0.25, 0.3) is 0 Å². The minimum atomic E-state index is 0.188. The quantitative estimate of drug-likeness (QED) is 0.757. The van der Waals surface area contributed by atoms with Crippen LogP contribution in [0.3, 0.4) is 0 Å². The minimum Gasteiger partial charge on any atom is -0.481 e. The van der Waals surface area contributed by atoms with Gasteiger partial charge in [-0.15, -0.1) is 0 Å². The van der Waals surface area contributed by atoms with Crippen LogP contribution in [0.5, 0.6) is 5.88 Å². The van der Waals surface area contributed by atoms with Crippen molar-refractivity contribution in [3.63, 3.8) is 0 Å². The van der Waals surface area contributed by atoms with Gasteiger partial charge in [0.1, 0.15) is 12.7 Å². The van der Waals surface area contributed by atoms with E-state index in [0.29, 0.717) is 31.3 Å². The molecule has 0 aliphatic carbocycles. The lowest BCUT2D eigenvalue weighted by atomic mass is 10.2. The van der Waals surface area contributed by atoms with Gasteiger partial charge in [-0.3, -0.25) is 9.48 Å². The Bertz CT molecular complexity index is 677. The molecular formula is C16H23N7O2. The fourth-order valence-corrected chi connectivity index (χ4v) is 2.86. The fourth-order valence-electron chi connectivity index (χ4n) is 2.86. The highest BCUT2D eigenvalue weighted by molar-refractivity contribution is 5.76. The molecule has 0 unspecified atom stereocenters. The number of rotatable bonds is 6. The molecule has 2 aromatic heterocycles. The smallest absolute Gasteiger partial charge is 0.228 e. The number of aromatic nitrogens is 5. The summed E-state index contributed by atoms with van der Waals surface area (Å²) in [6.07, 6.45) is 7.06. The van der Waals surface area contributed by atoms with Crippen molar-refractivity contribution in [2.45, 2.75) is 25.8 Å². The fraction of sp³-hybridized carbons (Fsp3) is 0.562. The molecule has 25 heavy (non-hydrogen) atoms. The third-order valence-electron chi connectivity index (χ3n) is 4.20. The summed E-state index contributed by atoms with van der Waals surface area (Å²) in [5.41, 5.74) is 0. The summed E-state index contributed by atoms with van der Waals surface area (Å²) < 4.78 is 6.90. The predicted octanol–water partition coefficient (Wildman–Crippen LogP) is 0.596. The summed E-state index contributed by atoms with van der Waals surface area (Å²) in [7, 11) is 1.59. The number of methoxy groups -OCH3 is 1. The van der Waals surface area contributed by atoms with Crippen molar-refractivity contribution < 1.29 is 9.53 Å². The zero-order valence-corrected chi connectivity index (χ0v) is 14.4. The van der Waals surface area contributed by atoms with Crippen LogP contribution < -0.4 is 9.64 Å². The highest BCUT2D eigenvalue weighted by Crippen LogP contribution is 2.15. The van der Waals surface area contributed by atoms with Gasteiger partial charge in [0.15, 0.2) is 0 Å². The highest BCUT2D eigenvalue weighted by atomic mass is 16.5. The predicted molar refractivity (Wildman–Crippen MR) is 91.3 cm³/mol. The Morgan fingerprint density at radius 3 is 3.00 bits per heavy atom. The van der Waals surface area contributed by atoms with Crippen LogP contribution in [-0.4, -0.2) is 68.8 Å². The zero-order valence-electron chi connectivity index (χ0n) is 14.4. The third-order valence-corrected chi connectivity index (χ3v) is 4.20. The number of amides is 1. The second-order valence-corrected chi connectivity index (χ2v) is 5.88. The van der Waals surface area contributed by atoms with Crippen molar-refractivity contribution in [3.8, 4) is 5.88 Å². The summed E-state index contributed by atoms with van der Waals surface area (Å²) >= 11 is 0. The van der Waals surface area contributed by atoms with Crippen LogP contribution >= 0.6 is 0 Å². The Balaban J connectivity index is 1.49. The zero-order chi connectivity index (χ0) is 17.5. The maximum absolute atomic E-state index is 12.4. The van der Waals surface area contributed by atoms with E-state index in [2.05, 4.69) is 25.0 Å². The molecule has 0 N–H and O–H groups in total. The highest BCUT2D eigenvalue weighted by Gasteiger charge is 2.20. The number of carbonyl (C=O) groups excluding carboxylic acids is 1. The summed E-state index contributed by atoms with van der Waals surface area (Å²) in [4.78, 5) is 29.1. The first-order valence-corrected chi connectivity index (χ1v) is 8.48. The lowest BCUT2D eigenvalue weighted by Gasteiger charge is -2.22. The number of nitrogens with zero attached hydrogens (tertiary/aromatic N) is 7. The molecule has 0 radical (unpaired) electrons. The normalized spacial score (nSPS) is 15.1. The van der Waals surface area contributed by atoms with E-state index in [1.165, 1.54) is 6.33 Å². The van der Waals surface area contributed by atoms with Crippen molar-refractivity contribution in [2.24, 2.45) is 0 Å². The van der Waals surface area contributed by atoms with Gasteiger partial charge in [-0.05, 0) is 12.8 Å². The van der Waals surface area contributed by atoms with Crippen LogP contribution in [0, 0.1) is 0 Å². The molecule has 0 spiro atoms. The number of ether oxygens (including phenoxy) is 1. The van der Waals surface area contributed by atoms with Crippen LogP contribution in [-0.2, 0) is 11.3 Å². The van der Waals surface area contributed by atoms with Crippen molar-refractivity contribution in [1.82, 2.24) is 29.6 Å². The van der Waals surface area contributed by atoms with Crippen LogP contribution in [0.25, 0.3) is 0 Å². The summed E-state index contributed by atoms with van der Waals surface area (Å²) in [6.45, 7) is 3.71. The first kappa shape index (κ1) is 17.1. The standard InChI is InChI=1S/C16H23N7O2/c1-25-14-5-6-18-16(20-14)22-8-3-7-21(10-11-22)15(24)4-2-9-23-13-17-12-19-23/h5-6,12-13H,2-4,7-11H2,1H3. The van der Waals surface area contributed by atoms with Crippen molar-refractivity contribution >= 4 is 11.9 Å². The Labute approximate surface area is 146 Å². The van der Waals surface area contributed by atoms with E-state index in [1.54, 1.807) is 30.4 Å². The largest absolute Gasteiger partial charge is 0.481 e. The van der Waals surface area contributed by atoms with Gasteiger partial charge >= 0.3 is 0 Å². The molecule has 1 aliphatic heterocycles. The monoisotopic (exact) mass is 345 g/mol. The molecular weight excluding hydrogens is 322 g/mol. The number of hydrogen-bond donors (Lipinski definition) is 0. The van der Waals surface area contributed by atoms with Crippen LogP contribution in [0.2, 0.25) is 0 Å². The molecule has 3 rings (SSSR count). The number of anilines is 1. The van der Waals surface area contributed by atoms with Crippen molar-refractivity contribution in [3.05, 3.63) is 24.9 Å². The summed E-state index contributed by atoms with van der Waals surface area (Å²) in [5.74, 6) is 1.39. The molecule has 0 bridgehead atoms. The summed E-state index contributed by atoms with van der Waals surface area (Å²) in [6, 6.07) is 1.73. The van der Waals surface area contributed by atoms with Gasteiger partial charge in [-0.1, -0.05) is 0 Å². The van der Waals surface area contributed by atoms with E-state index >= 15 is 0 Å². The van der Waals surface area contributed by atoms with Crippen LogP contribution in [0.1, 0.15) is 19.3 Å². The molecule has 3 heterocycles. The molecule has 1 amide bonds. The first-order chi connectivity index (χ1) is 12.3. The number of carbonyl (C=O) groups is 1. The maximum Gasteiger partial charge on any atom is 0.228 e. The average molecular weight is 345 g/mol. The molecule has 0 aromatic carbocycles. The lowest BCUT2D eigenvalue weighted by Crippen LogP contribution is -2.35. The van der Waals surface area contributed by atoms with Crippen molar-refractivity contribution in [2.75, 3.05) is 38.2 Å². The van der Waals surface area contributed by atoms with E-state index in [-0.39, 0.29) is 5.91 Å². The average Bonchev–Trinajstić information content (AvgIpc) is 3.03. The van der Waals surface area contributed by atoms with E-state index in [0.717, 1.165) is 32.5 Å². The molecule has 1 fully saturated rings. The van der Waals surface area contributed by atoms with Gasteiger partial charge in [-0.25, -0.2) is 9.97 Å². The Kier molecular flexibility index (Phi) is 5.76. The molecule has 0 saturated carbocycles. The van der Waals surface area contributed by atoms with E-state index in [9.17, 15) is 4.79 Å². The van der Waals surface area contributed by atoms with E-state index < -0.39 is 0 Å². The second kappa shape index (κ2) is 8.41. The Hall–Kier alpha value is -2.71. The van der Waals surface area contributed by atoms with E-state index in [1.807, 2.05) is 4.90 Å². The second-order valence-electron chi connectivity index (χ2n) is 5.88. The van der Waals surface area contributed by atoms with Gasteiger partial charge in [0.2, 0.25) is 17.7 Å². The van der Waals surface area contributed by atoms with Gasteiger partial charge in [0, 0.05) is 51.4 Å². The molecule has 9 heteroatoms. The SMILES string of the molecule is COc1ccnc(N2CCCN(C(=O)CCCn3cncn3)CC2)n1. The first-order valence-electron chi connectivity index (χ1n) is 8.48. The van der Waals surface area contributed by atoms with Crippen LogP contribution in [0.4, 0.5) is 5.95 Å². The van der Waals surface area contributed by atoms with Gasteiger partial charge in [0.05, 0.1) is 7.11 Å². The van der Waals surface area contributed by atoms with Crippen molar-refractivity contribution in [1.29, 1.82) is 0 Å². The Morgan fingerprint density at radius 1 is 1.28 bits per heavy atom. The minimum absolute atomic E-state index is 0.188. The van der Waals surface area contributed by atoms with Gasteiger partial charge < -0.3 is 14.5 Å². The summed E-state index contributed by atoms with van der Waals surface area (Å²) in [5, 5.41) is 4.05. The lowest BCUT2D eigenvalue weighted by molar-refractivity contribution is -0.131. The Morgan fingerprint density at radius 2 is 2.20 bits per heavy atom. The molecule has 9 nitrogen and oxygen atoms in total. The molecule has 0 atom stereocenters. The molecule has 2 aromatic rings. The topological polar surface area (TPSA) is 89.3 Å².